The molecule has 0 spiro atoms. The van der Waals surface area contributed by atoms with Crippen molar-refractivity contribution >= 4 is 74.6 Å². The van der Waals surface area contributed by atoms with Gasteiger partial charge in [-0.05, 0) is 52.7 Å². The lowest BCUT2D eigenvalue weighted by Crippen LogP contribution is -2.33. The highest BCUT2D eigenvalue weighted by Gasteiger charge is 2.56. The summed E-state index contributed by atoms with van der Waals surface area (Å²) in [5, 5.41) is 5.26. The number of thiazole rings is 1. The molecule has 0 aliphatic carbocycles. The van der Waals surface area contributed by atoms with Crippen LogP contribution in [0.3, 0.4) is 0 Å². The lowest BCUT2D eigenvalue weighted by Gasteiger charge is -2.30. The minimum Gasteiger partial charge on any atom is -0.325 e. The second kappa shape index (κ2) is 10.6. The third-order valence-corrected chi connectivity index (χ3v) is 10.5. The predicted octanol–water partition coefficient (Wildman–Crippen LogP) is 6.15. The van der Waals surface area contributed by atoms with Crippen LogP contribution in [0.25, 0.3) is 10.8 Å². The van der Waals surface area contributed by atoms with Gasteiger partial charge in [0.25, 0.3) is 0 Å². The predicted molar refractivity (Wildman–Crippen MR) is 167 cm³/mol. The zero-order chi connectivity index (χ0) is 29.0. The van der Waals surface area contributed by atoms with Crippen LogP contribution in [0, 0.1) is 5.92 Å². The number of amides is 3. The van der Waals surface area contributed by atoms with Crippen molar-refractivity contribution in [2.45, 2.75) is 22.7 Å². The first-order valence-corrected chi connectivity index (χ1v) is 15.3. The number of hydrogen-bond acceptors (Lipinski definition) is 6. The molecule has 1 aromatic heterocycles. The fourth-order valence-electron chi connectivity index (χ4n) is 5.73. The maximum absolute atomic E-state index is 13.9. The van der Waals surface area contributed by atoms with E-state index in [0.717, 1.165) is 27.7 Å². The molecule has 0 bridgehead atoms. The number of halogens is 1. The number of aromatic nitrogens is 1. The number of rotatable bonds is 5. The maximum atomic E-state index is 13.9. The van der Waals surface area contributed by atoms with Crippen LogP contribution < -0.4 is 15.1 Å². The summed E-state index contributed by atoms with van der Waals surface area (Å²) < 4.78 is 1.42. The second-order valence-electron chi connectivity index (χ2n) is 10.2. The lowest BCUT2D eigenvalue weighted by molar-refractivity contribution is -0.122. The van der Waals surface area contributed by atoms with E-state index in [1.165, 1.54) is 21.2 Å². The molecule has 10 heteroatoms. The van der Waals surface area contributed by atoms with Crippen LogP contribution in [-0.2, 0) is 20.9 Å². The van der Waals surface area contributed by atoms with Gasteiger partial charge in [0.15, 0.2) is 0 Å². The molecular formula is C32H22ClN3O4S2. The summed E-state index contributed by atoms with van der Waals surface area (Å²) in [5.41, 5.74) is 1.91. The van der Waals surface area contributed by atoms with E-state index >= 15 is 0 Å². The standard InChI is InChI=1S/C32H22ClN3O4S2/c33-21-13-10-19(11-14-21)25-26-27(30(39)36(29(26)38)23-8-2-1-3-9-23)41-31-28(25)42-32(40)35(31)17-24(37)34-22-15-12-18-6-4-5-7-20(18)16-22/h1-16,25-27H,17H2,(H,34,37)/t25-,26-,27+/m0/s1. The van der Waals surface area contributed by atoms with Gasteiger partial charge in [-0.1, -0.05) is 95.4 Å². The van der Waals surface area contributed by atoms with Crippen LogP contribution in [0.15, 0.2) is 107 Å². The van der Waals surface area contributed by atoms with Gasteiger partial charge < -0.3 is 5.32 Å². The van der Waals surface area contributed by atoms with E-state index in [-0.39, 0.29) is 29.1 Å². The number of nitrogens with one attached hydrogen (secondary N) is 1. The van der Waals surface area contributed by atoms with Crippen LogP contribution in [0.4, 0.5) is 11.4 Å². The molecule has 42 heavy (non-hydrogen) atoms. The molecule has 0 saturated carbocycles. The Kier molecular flexibility index (Phi) is 6.73. The molecule has 3 heterocycles. The van der Waals surface area contributed by atoms with Crippen molar-refractivity contribution in [2.24, 2.45) is 5.92 Å². The maximum Gasteiger partial charge on any atom is 0.308 e. The Morgan fingerprint density at radius 3 is 2.31 bits per heavy atom. The number of carbonyl (C=O) groups is 3. The van der Waals surface area contributed by atoms with E-state index in [9.17, 15) is 19.2 Å². The molecule has 3 atom stereocenters. The van der Waals surface area contributed by atoms with Gasteiger partial charge in [-0.3, -0.25) is 23.7 Å². The van der Waals surface area contributed by atoms with Gasteiger partial charge in [-0.2, -0.15) is 0 Å². The summed E-state index contributed by atoms with van der Waals surface area (Å²) in [5.74, 6) is -2.27. The van der Waals surface area contributed by atoms with Crippen LogP contribution >= 0.6 is 34.7 Å². The second-order valence-corrected chi connectivity index (χ2v) is 12.7. The first-order valence-electron chi connectivity index (χ1n) is 13.3. The van der Waals surface area contributed by atoms with Gasteiger partial charge >= 0.3 is 4.87 Å². The van der Waals surface area contributed by atoms with Gasteiger partial charge in [0.05, 0.1) is 16.6 Å². The van der Waals surface area contributed by atoms with Gasteiger partial charge in [0.1, 0.15) is 11.8 Å². The molecule has 4 aromatic carbocycles. The van der Waals surface area contributed by atoms with Crippen LogP contribution in [0.1, 0.15) is 16.4 Å². The monoisotopic (exact) mass is 611 g/mol. The van der Waals surface area contributed by atoms with E-state index in [1.54, 1.807) is 36.4 Å². The third kappa shape index (κ3) is 4.54. The molecule has 0 unspecified atom stereocenters. The molecular weight excluding hydrogens is 590 g/mol. The number of carbonyl (C=O) groups excluding carboxylic acids is 3. The number of nitrogens with zero attached hydrogens (tertiary/aromatic N) is 2. The quantitative estimate of drug-likeness (QED) is 0.241. The molecule has 2 aliphatic heterocycles. The largest absolute Gasteiger partial charge is 0.325 e. The van der Waals surface area contributed by atoms with Gasteiger partial charge in [0, 0.05) is 21.5 Å². The van der Waals surface area contributed by atoms with E-state index < -0.39 is 17.1 Å². The Labute approximate surface area is 253 Å². The number of thioether (sulfide) groups is 1. The molecule has 1 N–H and O–H groups in total. The van der Waals surface area contributed by atoms with Crippen molar-refractivity contribution < 1.29 is 14.4 Å². The summed E-state index contributed by atoms with van der Waals surface area (Å²) >= 11 is 8.38. The zero-order valence-electron chi connectivity index (χ0n) is 21.9. The normalized spacial score (nSPS) is 19.5. The van der Waals surface area contributed by atoms with Crippen LogP contribution in [-0.4, -0.2) is 27.5 Å². The van der Waals surface area contributed by atoms with Crippen molar-refractivity contribution in [1.82, 2.24) is 4.57 Å². The highest BCUT2D eigenvalue weighted by atomic mass is 35.5. The number of imide groups is 1. The summed E-state index contributed by atoms with van der Waals surface area (Å²) in [6, 6.07) is 29.5. The van der Waals surface area contributed by atoms with Crippen molar-refractivity contribution in [3.05, 3.63) is 122 Å². The third-order valence-electron chi connectivity index (χ3n) is 7.63. The molecule has 1 fully saturated rings. The van der Waals surface area contributed by atoms with E-state index in [0.29, 0.717) is 26.3 Å². The summed E-state index contributed by atoms with van der Waals surface area (Å²) in [7, 11) is 0. The van der Waals surface area contributed by atoms with Gasteiger partial charge in [0.2, 0.25) is 17.7 Å². The van der Waals surface area contributed by atoms with Crippen molar-refractivity contribution in [3.63, 3.8) is 0 Å². The minimum atomic E-state index is -0.755. The summed E-state index contributed by atoms with van der Waals surface area (Å²) in [6.45, 7) is -0.222. The number of benzene rings is 4. The van der Waals surface area contributed by atoms with Crippen molar-refractivity contribution in [3.8, 4) is 0 Å². The Morgan fingerprint density at radius 1 is 0.833 bits per heavy atom. The number of para-hydroxylation sites is 1. The molecule has 2 aliphatic rings. The highest BCUT2D eigenvalue weighted by molar-refractivity contribution is 8.00. The SMILES string of the molecule is O=C(Cn1c2c(sc1=O)[C@@H](c1ccc(Cl)cc1)[C@@H]1C(=O)N(c3ccccc3)C(=O)[C@@H]1S2)Nc1ccc2ccccc2c1. The molecule has 208 valence electrons. The Bertz CT molecular complexity index is 1940. The Morgan fingerprint density at radius 2 is 1.55 bits per heavy atom. The molecule has 3 amide bonds. The fourth-order valence-corrected chi connectivity index (χ4v) is 8.63. The number of hydrogen-bond donors (Lipinski definition) is 1. The molecule has 1 saturated heterocycles. The fraction of sp³-hybridized carbons (Fsp3) is 0.125. The average molecular weight is 612 g/mol. The van der Waals surface area contributed by atoms with Crippen molar-refractivity contribution in [2.75, 3.05) is 10.2 Å². The minimum absolute atomic E-state index is 0.222. The first kappa shape index (κ1) is 26.7. The molecule has 7 rings (SSSR count). The van der Waals surface area contributed by atoms with E-state index in [2.05, 4.69) is 5.32 Å². The van der Waals surface area contributed by atoms with Crippen molar-refractivity contribution in [1.29, 1.82) is 0 Å². The summed E-state index contributed by atoms with van der Waals surface area (Å²) in [6.07, 6.45) is 0. The molecule has 7 nitrogen and oxygen atoms in total. The van der Waals surface area contributed by atoms with Crippen LogP contribution in [0.5, 0.6) is 0 Å². The lowest BCUT2D eigenvalue weighted by atomic mass is 9.83. The average Bonchev–Trinajstić information content (AvgIpc) is 3.44. The van der Waals surface area contributed by atoms with Crippen LogP contribution in [0.2, 0.25) is 5.02 Å². The number of anilines is 2. The molecule has 5 aromatic rings. The van der Waals surface area contributed by atoms with Gasteiger partial charge in [-0.25, -0.2) is 4.90 Å². The highest BCUT2D eigenvalue weighted by Crippen LogP contribution is 2.53. The topological polar surface area (TPSA) is 88.5 Å². The summed E-state index contributed by atoms with van der Waals surface area (Å²) in [4.78, 5) is 55.8. The zero-order valence-corrected chi connectivity index (χ0v) is 24.3. The number of fused-ring (bicyclic) bond motifs is 3. The smallest absolute Gasteiger partial charge is 0.308 e. The van der Waals surface area contributed by atoms with Gasteiger partial charge in [-0.15, -0.1) is 0 Å². The Hall–Kier alpha value is -4.18. The Balaban J connectivity index is 1.26. The van der Waals surface area contributed by atoms with E-state index in [1.807, 2.05) is 60.7 Å². The first-order chi connectivity index (χ1) is 20.4. The van der Waals surface area contributed by atoms with E-state index in [4.69, 9.17) is 11.6 Å². The molecule has 0 radical (unpaired) electrons.